The number of fused-ring (bicyclic) bond motifs is 1. The molecule has 0 spiro atoms. The number of phenols is 1. The predicted molar refractivity (Wildman–Crippen MR) is 89.0 cm³/mol. The Kier molecular flexibility index (Phi) is 4.12. The molecule has 0 fully saturated rings. The third kappa shape index (κ3) is 2.69. The summed E-state index contributed by atoms with van der Waals surface area (Å²) in [7, 11) is 0. The van der Waals surface area contributed by atoms with Crippen molar-refractivity contribution in [3.63, 3.8) is 0 Å². The molecule has 0 radical (unpaired) electrons. The van der Waals surface area contributed by atoms with Gasteiger partial charge in [0, 0.05) is 28.6 Å². The zero-order valence-electron chi connectivity index (χ0n) is 13.6. The highest BCUT2D eigenvalue weighted by molar-refractivity contribution is 6.13. The topological polar surface area (TPSA) is 59.3 Å². The summed E-state index contributed by atoms with van der Waals surface area (Å²) in [5.41, 5.74) is 1.11. The third-order valence-electron chi connectivity index (χ3n) is 4.16. The van der Waals surface area contributed by atoms with E-state index in [1.165, 1.54) is 28.8 Å². The molecule has 0 saturated heterocycles. The highest BCUT2D eigenvalue weighted by Crippen LogP contribution is 2.30. The van der Waals surface area contributed by atoms with E-state index >= 15 is 0 Å². The summed E-state index contributed by atoms with van der Waals surface area (Å²) in [6, 6.07) is 7.23. The van der Waals surface area contributed by atoms with Gasteiger partial charge in [0.2, 0.25) is 0 Å². The molecular weight excluding hydrogens is 328 g/mol. The van der Waals surface area contributed by atoms with Crippen molar-refractivity contribution >= 4 is 22.6 Å². The van der Waals surface area contributed by atoms with Crippen LogP contribution in [-0.4, -0.2) is 21.4 Å². The van der Waals surface area contributed by atoms with E-state index in [0.717, 1.165) is 12.1 Å². The number of nitrogens with zero attached hydrogens (tertiary/aromatic N) is 1. The van der Waals surface area contributed by atoms with Crippen molar-refractivity contribution in [3.8, 4) is 5.75 Å². The number of Topliss-reactive ketones (excluding diaryl/α,β-unsaturated/α-hetero) is 1. The normalized spacial score (nSPS) is 11.0. The predicted octanol–water partition coefficient (Wildman–Crippen LogP) is 4.21. The fourth-order valence-corrected chi connectivity index (χ4v) is 2.96. The Morgan fingerprint density at radius 2 is 1.80 bits per heavy atom. The molecule has 25 heavy (non-hydrogen) atoms. The molecule has 2 aromatic carbocycles. The monoisotopic (exact) mass is 343 g/mol. The lowest BCUT2D eigenvalue weighted by atomic mass is 10.1. The molecule has 0 atom stereocenters. The second kappa shape index (κ2) is 6.12. The molecule has 1 heterocycles. The van der Waals surface area contributed by atoms with Gasteiger partial charge in [-0.1, -0.05) is 6.92 Å². The first-order chi connectivity index (χ1) is 11.8. The van der Waals surface area contributed by atoms with Crippen molar-refractivity contribution in [2.24, 2.45) is 0 Å². The first kappa shape index (κ1) is 16.8. The molecule has 4 nitrogen and oxygen atoms in total. The molecule has 0 bridgehead atoms. The van der Waals surface area contributed by atoms with Crippen LogP contribution >= 0.6 is 0 Å². The zero-order valence-corrected chi connectivity index (χ0v) is 13.6. The maximum atomic E-state index is 13.5. The number of benzene rings is 2. The van der Waals surface area contributed by atoms with E-state index in [2.05, 4.69) is 0 Å². The van der Waals surface area contributed by atoms with Gasteiger partial charge >= 0.3 is 0 Å². The number of ketones is 1. The van der Waals surface area contributed by atoms with Gasteiger partial charge in [0.05, 0.1) is 5.52 Å². The largest absolute Gasteiger partial charge is 0.508 e. The van der Waals surface area contributed by atoms with Gasteiger partial charge < -0.3 is 5.11 Å². The lowest BCUT2D eigenvalue weighted by Gasteiger charge is -2.08. The molecule has 0 aliphatic carbocycles. The van der Waals surface area contributed by atoms with Gasteiger partial charge in [-0.3, -0.25) is 14.2 Å². The van der Waals surface area contributed by atoms with E-state index in [0.29, 0.717) is 22.2 Å². The van der Waals surface area contributed by atoms with E-state index in [9.17, 15) is 23.5 Å². The van der Waals surface area contributed by atoms with Crippen molar-refractivity contribution in [2.75, 3.05) is 0 Å². The summed E-state index contributed by atoms with van der Waals surface area (Å²) in [4.78, 5) is 25.2. The Morgan fingerprint density at radius 1 is 1.08 bits per heavy atom. The minimum absolute atomic E-state index is 0.0323. The van der Waals surface area contributed by atoms with Crippen molar-refractivity contribution in [1.29, 1.82) is 0 Å². The smallest absolute Gasteiger partial charge is 0.262 e. The number of aromatic nitrogens is 1. The highest BCUT2D eigenvalue weighted by Gasteiger charge is 2.23. The maximum absolute atomic E-state index is 13.5. The molecule has 6 heteroatoms. The molecule has 0 aliphatic rings. The molecule has 1 N–H and O–H groups in total. The van der Waals surface area contributed by atoms with Crippen LogP contribution in [0.5, 0.6) is 5.75 Å². The summed E-state index contributed by atoms with van der Waals surface area (Å²) in [5, 5.41) is 10.2. The number of carbonyl (C=O) groups is 2. The average Bonchev–Trinajstić information content (AvgIpc) is 2.87. The van der Waals surface area contributed by atoms with Gasteiger partial charge in [0.25, 0.3) is 5.91 Å². The second-order valence-corrected chi connectivity index (χ2v) is 5.71. The van der Waals surface area contributed by atoms with Gasteiger partial charge in [-0.25, -0.2) is 8.78 Å². The van der Waals surface area contributed by atoms with Crippen LogP contribution in [0.2, 0.25) is 0 Å². The fraction of sp³-hybridized carbons (Fsp3) is 0.158. The van der Waals surface area contributed by atoms with Crippen LogP contribution in [0.4, 0.5) is 8.78 Å². The van der Waals surface area contributed by atoms with Crippen LogP contribution in [0, 0.1) is 18.6 Å². The molecule has 3 rings (SSSR count). The summed E-state index contributed by atoms with van der Waals surface area (Å²) in [5.74, 6) is -2.96. The third-order valence-corrected chi connectivity index (χ3v) is 4.16. The lowest BCUT2D eigenvalue weighted by Crippen LogP contribution is -2.14. The average molecular weight is 343 g/mol. The van der Waals surface area contributed by atoms with Crippen LogP contribution in [0.15, 0.2) is 36.4 Å². The van der Waals surface area contributed by atoms with Crippen molar-refractivity contribution < 1.29 is 23.5 Å². The molecule has 1 aromatic heterocycles. The molecule has 0 unspecified atom stereocenters. The molecule has 0 saturated carbocycles. The molecule has 0 amide bonds. The van der Waals surface area contributed by atoms with Crippen LogP contribution in [0.1, 0.15) is 39.8 Å². The quantitative estimate of drug-likeness (QED) is 0.725. The summed E-state index contributed by atoms with van der Waals surface area (Å²) in [6.07, 6.45) is 0.231. The molecule has 0 aliphatic heterocycles. The second-order valence-electron chi connectivity index (χ2n) is 5.71. The van der Waals surface area contributed by atoms with Gasteiger partial charge in [-0.2, -0.15) is 0 Å². The number of hydrogen-bond donors (Lipinski definition) is 1. The Hall–Kier alpha value is -3.02. The van der Waals surface area contributed by atoms with E-state index < -0.39 is 17.5 Å². The Balaban J connectivity index is 2.28. The zero-order chi connectivity index (χ0) is 18.3. The van der Waals surface area contributed by atoms with E-state index in [1.54, 1.807) is 13.8 Å². The van der Waals surface area contributed by atoms with Crippen molar-refractivity contribution in [1.82, 2.24) is 4.57 Å². The Morgan fingerprint density at radius 3 is 2.44 bits per heavy atom. The minimum atomic E-state index is -1.12. The number of rotatable bonds is 3. The van der Waals surface area contributed by atoms with E-state index in [-0.39, 0.29) is 23.5 Å². The highest BCUT2D eigenvalue weighted by atomic mass is 19.2. The molecule has 3 aromatic rings. The summed E-state index contributed by atoms with van der Waals surface area (Å²) in [6.45, 7) is 3.31. The Bertz CT molecular complexity index is 1020. The SMILES string of the molecule is CCC(=O)c1c(C)n(C(=O)c2ccc(F)c(F)c2)c2ccc(O)cc12. The lowest BCUT2D eigenvalue weighted by molar-refractivity contribution is 0.0962. The number of hydrogen-bond acceptors (Lipinski definition) is 3. The van der Waals surface area contributed by atoms with Gasteiger partial charge in [-0.05, 0) is 43.3 Å². The van der Waals surface area contributed by atoms with Gasteiger partial charge in [0.15, 0.2) is 17.4 Å². The number of halogens is 2. The van der Waals surface area contributed by atoms with Crippen LogP contribution < -0.4 is 0 Å². The van der Waals surface area contributed by atoms with Crippen LogP contribution in [-0.2, 0) is 0 Å². The van der Waals surface area contributed by atoms with Gasteiger partial charge in [0.1, 0.15) is 5.75 Å². The first-order valence-corrected chi connectivity index (χ1v) is 7.72. The molecular formula is C19H15F2NO3. The Labute approximate surface area is 142 Å². The summed E-state index contributed by atoms with van der Waals surface area (Å²) >= 11 is 0. The summed E-state index contributed by atoms with van der Waals surface area (Å²) < 4.78 is 27.9. The van der Waals surface area contributed by atoms with E-state index in [4.69, 9.17) is 0 Å². The maximum Gasteiger partial charge on any atom is 0.262 e. The number of aromatic hydroxyl groups is 1. The molecule has 128 valence electrons. The minimum Gasteiger partial charge on any atom is -0.508 e. The number of carbonyl (C=O) groups excluding carboxylic acids is 2. The fourth-order valence-electron chi connectivity index (χ4n) is 2.96. The van der Waals surface area contributed by atoms with E-state index in [1.807, 2.05) is 0 Å². The van der Waals surface area contributed by atoms with Crippen molar-refractivity contribution in [2.45, 2.75) is 20.3 Å². The standard InChI is InChI=1S/C19H15F2NO3/c1-3-17(24)18-10(2)22(16-7-5-12(23)9-13(16)18)19(25)11-4-6-14(20)15(21)8-11/h4-9,23H,3H2,1-2H3. The number of phenolic OH excluding ortho intramolecular Hbond substituents is 1. The van der Waals surface area contributed by atoms with Gasteiger partial charge in [-0.15, -0.1) is 0 Å². The van der Waals surface area contributed by atoms with Crippen LogP contribution in [0.3, 0.4) is 0 Å². The van der Waals surface area contributed by atoms with Crippen molar-refractivity contribution in [3.05, 3.63) is 64.9 Å². The van der Waals surface area contributed by atoms with Crippen LogP contribution in [0.25, 0.3) is 10.9 Å². The first-order valence-electron chi connectivity index (χ1n) is 7.72.